The number of halogens is 1. The van der Waals surface area contributed by atoms with Crippen molar-refractivity contribution in [3.8, 4) is 0 Å². The standard InChI is InChI=1S/C15H13ClN2O3/c1-21-15(20)9-4-2-5-10(8-9)18-14(19)11-6-3-7-12(16)13(11)17/h2-8H,17H2,1H3,(H,18,19). The van der Waals surface area contributed by atoms with Gasteiger partial charge in [-0.3, -0.25) is 4.79 Å². The second-order valence-corrected chi connectivity index (χ2v) is 4.63. The van der Waals surface area contributed by atoms with Crippen LogP contribution in [0.25, 0.3) is 0 Å². The zero-order valence-corrected chi connectivity index (χ0v) is 12.0. The molecule has 0 aromatic heterocycles. The Morgan fingerprint density at radius 2 is 1.90 bits per heavy atom. The molecule has 0 aliphatic carbocycles. The maximum absolute atomic E-state index is 12.2. The molecule has 3 N–H and O–H groups in total. The molecule has 2 aromatic carbocycles. The average Bonchev–Trinajstić information content (AvgIpc) is 2.49. The molecule has 0 radical (unpaired) electrons. The van der Waals surface area contributed by atoms with E-state index in [0.29, 0.717) is 16.3 Å². The SMILES string of the molecule is COC(=O)c1cccc(NC(=O)c2cccc(Cl)c2N)c1. The number of amides is 1. The summed E-state index contributed by atoms with van der Waals surface area (Å²) in [7, 11) is 1.29. The Morgan fingerprint density at radius 1 is 1.19 bits per heavy atom. The molecule has 0 fully saturated rings. The quantitative estimate of drug-likeness (QED) is 0.674. The molecule has 0 heterocycles. The van der Waals surface area contributed by atoms with Crippen LogP contribution in [0.1, 0.15) is 20.7 Å². The van der Waals surface area contributed by atoms with Crippen molar-refractivity contribution in [3.63, 3.8) is 0 Å². The number of carbonyl (C=O) groups is 2. The van der Waals surface area contributed by atoms with Gasteiger partial charge in [0.25, 0.3) is 5.91 Å². The van der Waals surface area contributed by atoms with Crippen LogP contribution in [0.5, 0.6) is 0 Å². The van der Waals surface area contributed by atoms with Crippen LogP contribution in [0.3, 0.4) is 0 Å². The molecule has 5 nitrogen and oxygen atoms in total. The number of anilines is 2. The number of esters is 1. The Bertz CT molecular complexity index is 701. The fourth-order valence-corrected chi connectivity index (χ4v) is 1.95. The van der Waals surface area contributed by atoms with Crippen molar-refractivity contribution in [1.82, 2.24) is 0 Å². The van der Waals surface area contributed by atoms with E-state index < -0.39 is 11.9 Å². The predicted octanol–water partition coefficient (Wildman–Crippen LogP) is 2.96. The third-order valence-corrected chi connectivity index (χ3v) is 3.17. The Balaban J connectivity index is 2.24. The lowest BCUT2D eigenvalue weighted by atomic mass is 10.1. The van der Waals surface area contributed by atoms with Crippen molar-refractivity contribution >= 4 is 34.9 Å². The van der Waals surface area contributed by atoms with Crippen molar-refractivity contribution in [2.45, 2.75) is 0 Å². The van der Waals surface area contributed by atoms with Gasteiger partial charge < -0.3 is 15.8 Å². The molecule has 0 aliphatic heterocycles. The highest BCUT2D eigenvalue weighted by atomic mass is 35.5. The summed E-state index contributed by atoms with van der Waals surface area (Å²) in [5, 5.41) is 2.97. The summed E-state index contributed by atoms with van der Waals surface area (Å²) in [5.74, 6) is -0.884. The number of benzene rings is 2. The average molecular weight is 305 g/mol. The maximum atomic E-state index is 12.2. The normalized spacial score (nSPS) is 10.0. The molecule has 0 bridgehead atoms. The number of para-hydroxylation sites is 1. The molecule has 0 saturated carbocycles. The van der Waals surface area contributed by atoms with Crippen molar-refractivity contribution in [2.24, 2.45) is 0 Å². The molecule has 0 saturated heterocycles. The van der Waals surface area contributed by atoms with E-state index in [2.05, 4.69) is 10.1 Å². The molecule has 21 heavy (non-hydrogen) atoms. The fourth-order valence-electron chi connectivity index (χ4n) is 1.78. The molecule has 2 aromatic rings. The molecule has 0 unspecified atom stereocenters. The van der Waals surface area contributed by atoms with Gasteiger partial charge in [0.15, 0.2) is 0 Å². The zero-order chi connectivity index (χ0) is 15.4. The van der Waals surface area contributed by atoms with Crippen LogP contribution >= 0.6 is 11.6 Å². The van der Waals surface area contributed by atoms with Gasteiger partial charge in [-0.05, 0) is 30.3 Å². The van der Waals surface area contributed by atoms with Gasteiger partial charge in [0.1, 0.15) is 0 Å². The van der Waals surface area contributed by atoms with E-state index in [9.17, 15) is 9.59 Å². The molecular weight excluding hydrogens is 292 g/mol. The van der Waals surface area contributed by atoms with Crippen LogP contribution in [0, 0.1) is 0 Å². The van der Waals surface area contributed by atoms with E-state index in [1.807, 2.05) is 0 Å². The Hall–Kier alpha value is -2.53. The number of nitrogens with two attached hydrogens (primary N) is 1. The van der Waals surface area contributed by atoms with E-state index in [1.165, 1.54) is 13.2 Å². The van der Waals surface area contributed by atoms with Crippen LogP contribution in [0.4, 0.5) is 11.4 Å². The van der Waals surface area contributed by atoms with Crippen molar-refractivity contribution in [2.75, 3.05) is 18.2 Å². The van der Waals surface area contributed by atoms with Crippen LogP contribution < -0.4 is 11.1 Å². The lowest BCUT2D eigenvalue weighted by molar-refractivity contribution is 0.0600. The molecular formula is C15H13ClN2O3. The van der Waals surface area contributed by atoms with Gasteiger partial charge in [0.05, 0.1) is 28.9 Å². The van der Waals surface area contributed by atoms with Gasteiger partial charge in [-0.2, -0.15) is 0 Å². The van der Waals surface area contributed by atoms with Crippen LogP contribution in [-0.2, 0) is 4.74 Å². The van der Waals surface area contributed by atoms with Crippen LogP contribution in [0.2, 0.25) is 5.02 Å². The summed E-state index contributed by atoms with van der Waals surface area (Å²) < 4.78 is 4.63. The van der Waals surface area contributed by atoms with E-state index in [1.54, 1.807) is 36.4 Å². The van der Waals surface area contributed by atoms with E-state index in [4.69, 9.17) is 17.3 Å². The first-order valence-electron chi connectivity index (χ1n) is 6.06. The minimum Gasteiger partial charge on any atom is -0.465 e. The number of methoxy groups -OCH3 is 1. The number of hydrogen-bond donors (Lipinski definition) is 2. The summed E-state index contributed by atoms with van der Waals surface area (Å²) >= 11 is 5.88. The third kappa shape index (κ3) is 3.32. The number of nitrogens with one attached hydrogen (secondary N) is 1. The van der Waals surface area contributed by atoms with Crippen molar-refractivity contribution in [3.05, 3.63) is 58.6 Å². The number of ether oxygens (including phenoxy) is 1. The molecule has 2 rings (SSSR count). The lowest BCUT2D eigenvalue weighted by Crippen LogP contribution is -2.14. The van der Waals surface area contributed by atoms with E-state index >= 15 is 0 Å². The van der Waals surface area contributed by atoms with Gasteiger partial charge in [-0.1, -0.05) is 23.7 Å². The molecule has 0 atom stereocenters. The monoisotopic (exact) mass is 304 g/mol. The maximum Gasteiger partial charge on any atom is 0.337 e. The number of rotatable bonds is 3. The number of nitrogen functional groups attached to an aromatic ring is 1. The summed E-state index contributed by atoms with van der Waals surface area (Å²) in [6.07, 6.45) is 0. The van der Waals surface area contributed by atoms with Crippen molar-refractivity contribution in [1.29, 1.82) is 0 Å². The fraction of sp³-hybridized carbons (Fsp3) is 0.0667. The highest BCUT2D eigenvalue weighted by Gasteiger charge is 2.13. The second kappa shape index (κ2) is 6.28. The molecule has 0 aliphatic rings. The Kier molecular flexibility index (Phi) is 4.45. The number of hydrogen-bond acceptors (Lipinski definition) is 4. The summed E-state index contributed by atoms with van der Waals surface area (Å²) in [5.41, 5.74) is 7.05. The van der Waals surface area contributed by atoms with Crippen LogP contribution in [-0.4, -0.2) is 19.0 Å². The smallest absolute Gasteiger partial charge is 0.337 e. The van der Waals surface area contributed by atoms with Gasteiger partial charge in [-0.25, -0.2) is 4.79 Å². The first-order chi connectivity index (χ1) is 10.0. The predicted molar refractivity (Wildman–Crippen MR) is 81.6 cm³/mol. The highest BCUT2D eigenvalue weighted by molar-refractivity contribution is 6.34. The minimum absolute atomic E-state index is 0.209. The largest absolute Gasteiger partial charge is 0.465 e. The topological polar surface area (TPSA) is 81.4 Å². The van der Waals surface area contributed by atoms with E-state index in [0.717, 1.165) is 0 Å². The molecule has 1 amide bonds. The first kappa shape index (κ1) is 14.9. The summed E-state index contributed by atoms with van der Waals surface area (Å²) in [4.78, 5) is 23.6. The first-order valence-corrected chi connectivity index (χ1v) is 6.44. The Labute approximate surface area is 126 Å². The minimum atomic E-state index is -0.478. The van der Waals surface area contributed by atoms with Gasteiger partial charge in [0, 0.05) is 5.69 Å². The van der Waals surface area contributed by atoms with Crippen molar-refractivity contribution < 1.29 is 14.3 Å². The Morgan fingerprint density at radius 3 is 2.62 bits per heavy atom. The van der Waals surface area contributed by atoms with E-state index in [-0.39, 0.29) is 11.3 Å². The van der Waals surface area contributed by atoms with Gasteiger partial charge in [-0.15, -0.1) is 0 Å². The zero-order valence-electron chi connectivity index (χ0n) is 11.2. The highest BCUT2D eigenvalue weighted by Crippen LogP contribution is 2.23. The molecule has 6 heteroatoms. The molecule has 0 spiro atoms. The second-order valence-electron chi connectivity index (χ2n) is 4.23. The summed E-state index contributed by atoms with van der Waals surface area (Å²) in [6.45, 7) is 0. The van der Waals surface area contributed by atoms with Gasteiger partial charge >= 0.3 is 5.97 Å². The summed E-state index contributed by atoms with van der Waals surface area (Å²) in [6, 6.07) is 11.2. The third-order valence-electron chi connectivity index (χ3n) is 2.84. The van der Waals surface area contributed by atoms with Gasteiger partial charge in [0.2, 0.25) is 0 Å². The molecule has 108 valence electrons. The number of carbonyl (C=O) groups excluding carboxylic acids is 2. The van der Waals surface area contributed by atoms with Crippen LogP contribution in [0.15, 0.2) is 42.5 Å². The lowest BCUT2D eigenvalue weighted by Gasteiger charge is -2.09.